The molecule has 0 aliphatic rings. The number of rotatable bonds is 2. The molecular weight excluding hydrogens is 222 g/mol. The highest BCUT2D eigenvalue weighted by Gasteiger charge is 2.04. The van der Waals surface area contributed by atoms with Crippen molar-refractivity contribution in [3.05, 3.63) is 35.5 Å². The molecule has 4 heteroatoms. The first-order valence-corrected chi connectivity index (χ1v) is 5.30. The highest BCUT2D eigenvalue weighted by atomic mass is 35.5. The van der Waals surface area contributed by atoms with Crippen molar-refractivity contribution >= 4 is 34.5 Å². The van der Waals surface area contributed by atoms with Crippen LogP contribution in [0.3, 0.4) is 0 Å². The Balaban J connectivity index is 2.52. The predicted molar refractivity (Wildman–Crippen MR) is 68.6 cm³/mol. The van der Waals surface area contributed by atoms with Gasteiger partial charge in [-0.2, -0.15) is 0 Å². The van der Waals surface area contributed by atoms with Crippen LogP contribution >= 0.6 is 11.6 Å². The fourth-order valence-corrected chi connectivity index (χ4v) is 1.62. The average molecular weight is 234 g/mol. The van der Waals surface area contributed by atoms with E-state index in [1.165, 1.54) is 0 Å². The first kappa shape index (κ1) is 10.9. The van der Waals surface area contributed by atoms with E-state index in [-0.39, 0.29) is 0 Å². The lowest BCUT2D eigenvalue weighted by atomic mass is 10.2. The van der Waals surface area contributed by atoms with Crippen LogP contribution in [-0.2, 0) is 0 Å². The van der Waals surface area contributed by atoms with Gasteiger partial charge in [-0.05, 0) is 6.07 Å². The van der Waals surface area contributed by atoms with Crippen LogP contribution in [-0.4, -0.2) is 30.3 Å². The quantitative estimate of drug-likeness (QED) is 0.589. The van der Waals surface area contributed by atoms with Crippen LogP contribution in [0.4, 0.5) is 5.69 Å². The molecular formula is C12H12ClN3. The molecule has 0 unspecified atom stereocenters. The Kier molecular flexibility index (Phi) is 3.06. The van der Waals surface area contributed by atoms with Crippen LogP contribution in [0.1, 0.15) is 0 Å². The summed E-state index contributed by atoms with van der Waals surface area (Å²) in [4.78, 5) is 10.4. The van der Waals surface area contributed by atoms with Gasteiger partial charge in [0.2, 0.25) is 0 Å². The number of pyridine rings is 1. The number of hydrogen-bond donors (Lipinski definition) is 0. The van der Waals surface area contributed by atoms with Crippen LogP contribution in [0.15, 0.2) is 35.5 Å². The molecule has 0 saturated heterocycles. The van der Waals surface area contributed by atoms with E-state index in [0.717, 1.165) is 10.9 Å². The average Bonchev–Trinajstić information content (AvgIpc) is 2.28. The van der Waals surface area contributed by atoms with E-state index in [0.29, 0.717) is 10.7 Å². The highest BCUT2D eigenvalue weighted by Crippen LogP contribution is 2.30. The fraction of sp³-hybridized carbons (Fsp3) is 0.167. The largest absolute Gasteiger partial charge is 0.369 e. The molecule has 0 saturated carbocycles. The number of fused-ring (bicyclic) bond motifs is 1. The van der Waals surface area contributed by atoms with Gasteiger partial charge in [-0.1, -0.05) is 29.8 Å². The second-order valence-corrected chi connectivity index (χ2v) is 4.06. The Morgan fingerprint density at radius 2 is 2.06 bits per heavy atom. The molecule has 0 N–H and O–H groups in total. The summed E-state index contributed by atoms with van der Waals surface area (Å²) >= 11 is 6.25. The third-order valence-electron chi connectivity index (χ3n) is 2.12. The van der Waals surface area contributed by atoms with Crippen LogP contribution < -0.4 is 0 Å². The Labute approximate surface area is 99.4 Å². The number of aromatic nitrogens is 1. The maximum Gasteiger partial charge on any atom is 0.102 e. The van der Waals surface area contributed by atoms with Gasteiger partial charge in [-0.3, -0.25) is 4.98 Å². The molecule has 0 aliphatic carbocycles. The summed E-state index contributed by atoms with van der Waals surface area (Å²) in [5, 5.41) is 1.57. The molecule has 16 heavy (non-hydrogen) atoms. The van der Waals surface area contributed by atoms with Crippen LogP contribution in [0.2, 0.25) is 5.02 Å². The molecule has 0 spiro atoms. The zero-order chi connectivity index (χ0) is 11.5. The van der Waals surface area contributed by atoms with E-state index in [9.17, 15) is 0 Å². The minimum Gasteiger partial charge on any atom is -0.369 e. The van der Waals surface area contributed by atoms with Crippen molar-refractivity contribution in [1.82, 2.24) is 9.88 Å². The summed E-state index contributed by atoms with van der Waals surface area (Å²) in [6.07, 6.45) is 3.39. The third-order valence-corrected chi connectivity index (χ3v) is 2.52. The molecule has 3 nitrogen and oxygen atoms in total. The zero-order valence-electron chi connectivity index (χ0n) is 9.18. The topological polar surface area (TPSA) is 28.5 Å². The van der Waals surface area contributed by atoms with Gasteiger partial charge in [-0.15, -0.1) is 0 Å². The number of halogens is 1. The molecule has 1 aromatic heterocycles. The second kappa shape index (κ2) is 4.49. The Bertz CT molecular complexity index is 535. The maximum absolute atomic E-state index is 6.25. The Morgan fingerprint density at radius 3 is 2.81 bits per heavy atom. The van der Waals surface area contributed by atoms with Gasteiger partial charge in [0.25, 0.3) is 0 Å². The first-order chi connectivity index (χ1) is 7.68. The summed E-state index contributed by atoms with van der Waals surface area (Å²) in [6.45, 7) is 0. The number of para-hydroxylation sites is 1. The molecule has 0 aliphatic heterocycles. The maximum atomic E-state index is 6.25. The monoisotopic (exact) mass is 233 g/mol. The Morgan fingerprint density at radius 1 is 1.31 bits per heavy atom. The van der Waals surface area contributed by atoms with Gasteiger partial charge < -0.3 is 4.90 Å². The van der Waals surface area contributed by atoms with Crippen molar-refractivity contribution in [2.24, 2.45) is 4.99 Å². The molecule has 0 fully saturated rings. The molecule has 1 aromatic carbocycles. The molecule has 0 bridgehead atoms. The van der Waals surface area contributed by atoms with Crippen molar-refractivity contribution in [2.45, 2.75) is 0 Å². The lowest BCUT2D eigenvalue weighted by molar-refractivity contribution is 0.643. The van der Waals surface area contributed by atoms with E-state index in [1.54, 1.807) is 12.5 Å². The molecule has 0 atom stereocenters. The van der Waals surface area contributed by atoms with E-state index in [4.69, 9.17) is 11.6 Å². The van der Waals surface area contributed by atoms with Gasteiger partial charge in [0.05, 0.1) is 23.1 Å². The van der Waals surface area contributed by atoms with Crippen molar-refractivity contribution in [1.29, 1.82) is 0 Å². The van der Waals surface area contributed by atoms with Gasteiger partial charge >= 0.3 is 0 Å². The van der Waals surface area contributed by atoms with Crippen molar-refractivity contribution in [3.63, 3.8) is 0 Å². The van der Waals surface area contributed by atoms with E-state index in [2.05, 4.69) is 9.98 Å². The van der Waals surface area contributed by atoms with Crippen molar-refractivity contribution in [3.8, 4) is 0 Å². The molecule has 0 amide bonds. The first-order valence-electron chi connectivity index (χ1n) is 4.92. The Hall–Kier alpha value is -1.61. The number of nitrogens with zero attached hydrogens (tertiary/aromatic N) is 3. The SMILES string of the molecule is CN(C)C=Nc1cnc2ccccc2c1Cl. The number of benzene rings is 1. The minimum absolute atomic E-state index is 0.642. The predicted octanol–water partition coefficient (Wildman–Crippen LogP) is 3.11. The smallest absolute Gasteiger partial charge is 0.102 e. The fourth-order valence-electron chi connectivity index (χ4n) is 1.36. The number of hydrogen-bond acceptors (Lipinski definition) is 2. The van der Waals surface area contributed by atoms with Crippen LogP contribution in [0.25, 0.3) is 10.9 Å². The molecule has 2 rings (SSSR count). The van der Waals surface area contributed by atoms with E-state index < -0.39 is 0 Å². The summed E-state index contributed by atoms with van der Waals surface area (Å²) in [5.74, 6) is 0. The summed E-state index contributed by atoms with van der Waals surface area (Å²) in [6, 6.07) is 7.75. The molecule has 1 heterocycles. The van der Waals surface area contributed by atoms with Crippen molar-refractivity contribution in [2.75, 3.05) is 14.1 Å². The molecule has 2 aromatic rings. The zero-order valence-corrected chi connectivity index (χ0v) is 9.94. The van der Waals surface area contributed by atoms with Crippen LogP contribution in [0.5, 0.6) is 0 Å². The summed E-state index contributed by atoms with van der Waals surface area (Å²) in [5.41, 5.74) is 1.57. The summed E-state index contributed by atoms with van der Waals surface area (Å²) < 4.78 is 0. The number of aliphatic imine (C=N–C) groups is 1. The van der Waals surface area contributed by atoms with E-state index in [1.807, 2.05) is 43.3 Å². The molecule has 82 valence electrons. The van der Waals surface area contributed by atoms with Crippen molar-refractivity contribution < 1.29 is 0 Å². The lowest BCUT2D eigenvalue weighted by Crippen LogP contribution is -2.07. The highest BCUT2D eigenvalue weighted by molar-refractivity contribution is 6.37. The second-order valence-electron chi connectivity index (χ2n) is 3.68. The lowest BCUT2D eigenvalue weighted by Gasteiger charge is -2.05. The van der Waals surface area contributed by atoms with Crippen LogP contribution in [0, 0.1) is 0 Å². The van der Waals surface area contributed by atoms with Gasteiger partial charge in [0, 0.05) is 19.5 Å². The minimum atomic E-state index is 0.642. The van der Waals surface area contributed by atoms with E-state index >= 15 is 0 Å². The third kappa shape index (κ3) is 2.14. The standard InChI is InChI=1S/C12H12ClN3/c1-16(2)8-15-11-7-14-10-6-4-3-5-9(10)12(11)13/h3-8H,1-2H3. The van der Waals surface area contributed by atoms with Gasteiger partial charge in [-0.25, -0.2) is 4.99 Å². The van der Waals surface area contributed by atoms with Gasteiger partial charge in [0.1, 0.15) is 5.69 Å². The normalized spacial score (nSPS) is 11.2. The molecule has 0 radical (unpaired) electrons. The van der Waals surface area contributed by atoms with Gasteiger partial charge in [0.15, 0.2) is 0 Å². The summed E-state index contributed by atoms with van der Waals surface area (Å²) in [7, 11) is 3.82.